The zero-order valence-electron chi connectivity index (χ0n) is 15.9. The number of hydrogen-bond acceptors (Lipinski definition) is 2. The Morgan fingerprint density at radius 3 is 2.80 bits per heavy atom. The monoisotopic (exact) mass is 461 g/mol. The average Bonchev–Trinajstić information content (AvgIpc) is 2.96. The number of aromatic nitrogens is 1. The van der Waals surface area contributed by atoms with Crippen LogP contribution >= 0.6 is 24.0 Å². The van der Waals surface area contributed by atoms with Gasteiger partial charge in [-0.05, 0) is 38.3 Å². The van der Waals surface area contributed by atoms with Gasteiger partial charge in [0.25, 0.3) is 0 Å². The predicted octanol–water partition coefficient (Wildman–Crippen LogP) is 2.44. The summed E-state index contributed by atoms with van der Waals surface area (Å²) in [5.74, 6) is 1.06. The maximum absolute atomic E-state index is 12.4. The molecule has 0 bridgehead atoms. The van der Waals surface area contributed by atoms with Crippen molar-refractivity contribution in [2.75, 3.05) is 27.2 Å². The minimum Gasteiger partial charge on any atom is -0.356 e. The van der Waals surface area contributed by atoms with E-state index < -0.39 is 0 Å². The topological polar surface area (TPSA) is 52.9 Å². The molecule has 1 saturated heterocycles. The molecular formula is C18H32IN5O. The van der Waals surface area contributed by atoms with E-state index in [2.05, 4.69) is 32.8 Å². The summed E-state index contributed by atoms with van der Waals surface area (Å²) in [5, 5.41) is 3.31. The first-order valence-corrected chi connectivity index (χ1v) is 8.84. The zero-order valence-corrected chi connectivity index (χ0v) is 18.2. The van der Waals surface area contributed by atoms with Crippen molar-refractivity contribution in [3.05, 3.63) is 24.0 Å². The van der Waals surface area contributed by atoms with Crippen LogP contribution in [0.4, 0.5) is 0 Å². The normalized spacial score (nSPS) is 17.8. The van der Waals surface area contributed by atoms with Crippen molar-refractivity contribution in [3.63, 3.8) is 0 Å². The summed E-state index contributed by atoms with van der Waals surface area (Å²) < 4.78 is 2.10. The number of halogens is 1. The Labute approximate surface area is 168 Å². The standard InChI is InChI=1S/C18H31N5O.HI/c1-15-8-5-6-13-23(15)17(24)10-11-20-18(19-2)22(4)14-16-9-7-12-21(16)3;/h7,9,12,15H,5-6,8,10-11,13-14H2,1-4H3,(H,19,20);1H. The maximum Gasteiger partial charge on any atom is 0.224 e. The molecule has 0 aromatic carbocycles. The second kappa shape index (κ2) is 10.7. The average molecular weight is 461 g/mol. The minimum atomic E-state index is 0. The Kier molecular flexibility index (Phi) is 9.31. The Morgan fingerprint density at radius 2 is 2.20 bits per heavy atom. The molecule has 0 radical (unpaired) electrons. The van der Waals surface area contributed by atoms with Gasteiger partial charge in [0.1, 0.15) is 0 Å². The first-order valence-electron chi connectivity index (χ1n) is 8.84. The third-order valence-electron chi connectivity index (χ3n) is 4.77. The number of guanidine groups is 1. The van der Waals surface area contributed by atoms with Crippen LogP contribution in [0.5, 0.6) is 0 Å². The molecule has 0 aliphatic carbocycles. The van der Waals surface area contributed by atoms with Crippen molar-refractivity contribution < 1.29 is 4.79 Å². The quantitative estimate of drug-likeness (QED) is 0.417. The van der Waals surface area contributed by atoms with Gasteiger partial charge in [0, 0.05) is 58.6 Å². The van der Waals surface area contributed by atoms with Gasteiger partial charge in [-0.25, -0.2) is 0 Å². The number of hydrogen-bond donors (Lipinski definition) is 1. The number of nitrogens with zero attached hydrogens (tertiary/aromatic N) is 4. The zero-order chi connectivity index (χ0) is 17.5. The lowest BCUT2D eigenvalue weighted by Gasteiger charge is -2.33. The maximum atomic E-state index is 12.4. The van der Waals surface area contributed by atoms with Crippen molar-refractivity contribution in [3.8, 4) is 0 Å². The van der Waals surface area contributed by atoms with Crippen molar-refractivity contribution in [2.45, 2.75) is 45.2 Å². The van der Waals surface area contributed by atoms with Crippen LogP contribution in [-0.2, 0) is 18.4 Å². The molecule has 1 N–H and O–H groups in total. The van der Waals surface area contributed by atoms with Crippen LogP contribution in [0, 0.1) is 0 Å². The lowest BCUT2D eigenvalue weighted by Crippen LogP contribution is -2.44. The summed E-state index contributed by atoms with van der Waals surface area (Å²) in [6.45, 7) is 4.45. The minimum absolute atomic E-state index is 0. The number of amides is 1. The third kappa shape index (κ3) is 6.20. The van der Waals surface area contributed by atoms with Gasteiger partial charge in [0.2, 0.25) is 5.91 Å². The van der Waals surface area contributed by atoms with Crippen molar-refractivity contribution in [1.29, 1.82) is 0 Å². The molecule has 1 atom stereocenters. The van der Waals surface area contributed by atoms with Gasteiger partial charge in [-0.3, -0.25) is 9.79 Å². The van der Waals surface area contributed by atoms with Gasteiger partial charge >= 0.3 is 0 Å². The first kappa shape index (κ1) is 21.8. The van der Waals surface area contributed by atoms with Gasteiger partial charge in [0.05, 0.1) is 6.54 Å². The van der Waals surface area contributed by atoms with E-state index in [1.807, 2.05) is 31.3 Å². The van der Waals surface area contributed by atoms with E-state index in [0.717, 1.165) is 31.9 Å². The van der Waals surface area contributed by atoms with Crippen molar-refractivity contribution in [1.82, 2.24) is 19.7 Å². The fourth-order valence-corrected chi connectivity index (χ4v) is 3.26. The van der Waals surface area contributed by atoms with Crippen LogP contribution in [0.15, 0.2) is 23.3 Å². The fourth-order valence-electron chi connectivity index (χ4n) is 3.26. The van der Waals surface area contributed by atoms with E-state index in [1.165, 1.54) is 12.1 Å². The number of carbonyl (C=O) groups excluding carboxylic acids is 1. The van der Waals surface area contributed by atoms with E-state index in [-0.39, 0.29) is 29.9 Å². The molecule has 1 amide bonds. The molecule has 1 unspecified atom stereocenters. The van der Waals surface area contributed by atoms with Crippen LogP contribution in [0.3, 0.4) is 0 Å². The molecule has 25 heavy (non-hydrogen) atoms. The largest absolute Gasteiger partial charge is 0.356 e. The first-order chi connectivity index (χ1) is 11.5. The Morgan fingerprint density at radius 1 is 1.44 bits per heavy atom. The van der Waals surface area contributed by atoms with Crippen LogP contribution < -0.4 is 5.32 Å². The number of rotatable bonds is 5. The summed E-state index contributed by atoms with van der Waals surface area (Å²) >= 11 is 0. The predicted molar refractivity (Wildman–Crippen MR) is 113 cm³/mol. The number of aryl methyl sites for hydroxylation is 1. The molecule has 1 aliphatic heterocycles. The Bertz CT molecular complexity index is 572. The summed E-state index contributed by atoms with van der Waals surface area (Å²) in [6.07, 6.45) is 6.05. The van der Waals surface area contributed by atoms with Gasteiger partial charge in [0.15, 0.2) is 5.96 Å². The molecule has 1 fully saturated rings. The summed E-state index contributed by atoms with van der Waals surface area (Å²) in [6, 6.07) is 4.52. The molecule has 1 aromatic heterocycles. The number of nitrogens with one attached hydrogen (secondary N) is 1. The second-order valence-corrected chi connectivity index (χ2v) is 6.62. The van der Waals surface area contributed by atoms with E-state index in [1.54, 1.807) is 7.05 Å². The molecule has 7 heteroatoms. The highest BCUT2D eigenvalue weighted by atomic mass is 127. The lowest BCUT2D eigenvalue weighted by atomic mass is 10.0. The van der Waals surface area contributed by atoms with E-state index in [9.17, 15) is 4.79 Å². The van der Waals surface area contributed by atoms with Gasteiger partial charge < -0.3 is 19.7 Å². The second-order valence-electron chi connectivity index (χ2n) is 6.62. The highest BCUT2D eigenvalue weighted by Gasteiger charge is 2.22. The smallest absolute Gasteiger partial charge is 0.224 e. The molecule has 2 heterocycles. The highest BCUT2D eigenvalue weighted by molar-refractivity contribution is 14.0. The number of piperidine rings is 1. The van der Waals surface area contributed by atoms with Gasteiger partial charge in [-0.2, -0.15) is 0 Å². The third-order valence-corrected chi connectivity index (χ3v) is 4.77. The molecule has 142 valence electrons. The molecular weight excluding hydrogens is 429 g/mol. The van der Waals surface area contributed by atoms with Crippen LogP contribution in [-0.4, -0.2) is 59.5 Å². The van der Waals surface area contributed by atoms with Crippen LogP contribution in [0.2, 0.25) is 0 Å². The lowest BCUT2D eigenvalue weighted by molar-refractivity contribution is -0.134. The highest BCUT2D eigenvalue weighted by Crippen LogP contribution is 2.17. The SMILES string of the molecule is CN=C(NCCC(=O)N1CCCCC1C)N(C)Cc1cccn1C.I. The summed E-state index contributed by atoms with van der Waals surface area (Å²) in [4.78, 5) is 20.8. The molecule has 1 aliphatic rings. The van der Waals surface area contributed by atoms with E-state index in [4.69, 9.17) is 0 Å². The van der Waals surface area contributed by atoms with Crippen LogP contribution in [0.25, 0.3) is 0 Å². The van der Waals surface area contributed by atoms with E-state index in [0.29, 0.717) is 19.0 Å². The Balaban J connectivity index is 0.00000312. The van der Waals surface area contributed by atoms with Crippen molar-refractivity contribution in [2.24, 2.45) is 12.0 Å². The van der Waals surface area contributed by atoms with Crippen LogP contribution in [0.1, 0.15) is 38.3 Å². The number of aliphatic imine (C=N–C) groups is 1. The molecule has 0 spiro atoms. The molecule has 0 saturated carbocycles. The van der Waals surface area contributed by atoms with Crippen molar-refractivity contribution >= 4 is 35.8 Å². The molecule has 2 rings (SSSR count). The summed E-state index contributed by atoms with van der Waals surface area (Å²) in [5.41, 5.74) is 1.22. The summed E-state index contributed by atoms with van der Waals surface area (Å²) in [7, 11) is 5.83. The number of likely N-dealkylation sites (tertiary alicyclic amines) is 1. The number of carbonyl (C=O) groups is 1. The molecule has 6 nitrogen and oxygen atoms in total. The van der Waals surface area contributed by atoms with Gasteiger partial charge in [-0.1, -0.05) is 0 Å². The van der Waals surface area contributed by atoms with E-state index >= 15 is 0 Å². The molecule has 1 aromatic rings. The Hall–Kier alpha value is -1.25. The fraction of sp³-hybridized carbons (Fsp3) is 0.667. The van der Waals surface area contributed by atoms with Gasteiger partial charge in [-0.15, -0.1) is 24.0 Å².